The van der Waals surface area contributed by atoms with Crippen LogP contribution in [0.25, 0.3) is 0 Å². The molecule has 1 heterocycles. The van der Waals surface area contributed by atoms with Crippen LogP contribution in [0.5, 0.6) is 0 Å². The Morgan fingerprint density at radius 1 is 1.38 bits per heavy atom. The molecule has 0 bridgehead atoms. The van der Waals surface area contributed by atoms with Crippen molar-refractivity contribution in [3.63, 3.8) is 0 Å². The van der Waals surface area contributed by atoms with Crippen LogP contribution < -0.4 is 10.9 Å². The smallest absolute Gasteiger partial charge is 0.410 e. The van der Waals surface area contributed by atoms with Crippen LogP contribution in [-0.2, 0) is 4.74 Å². The molecule has 2 N–H and O–H groups in total. The Hall–Kier alpha value is -0.810. The van der Waals surface area contributed by atoms with Gasteiger partial charge in [-0.3, -0.25) is 10.9 Å². The molecule has 1 saturated heterocycles. The van der Waals surface area contributed by atoms with Gasteiger partial charge in [0.1, 0.15) is 5.60 Å². The molecule has 0 aromatic heterocycles. The van der Waals surface area contributed by atoms with E-state index in [-0.39, 0.29) is 18.2 Å². The zero-order chi connectivity index (χ0) is 12.3. The average molecular weight is 229 g/mol. The van der Waals surface area contributed by atoms with Gasteiger partial charge in [-0.15, -0.1) is 0 Å². The van der Waals surface area contributed by atoms with E-state index in [4.69, 9.17) is 4.74 Å². The molecular formula is C11H23N3O2. The molecule has 0 spiro atoms. The van der Waals surface area contributed by atoms with E-state index in [1.165, 1.54) is 0 Å². The highest BCUT2D eigenvalue weighted by atomic mass is 16.6. The maximum atomic E-state index is 12.0. The van der Waals surface area contributed by atoms with E-state index in [0.717, 1.165) is 6.54 Å². The molecule has 1 amide bonds. The predicted octanol–water partition coefficient (Wildman–Crippen LogP) is 1.11. The molecule has 0 aliphatic carbocycles. The number of carbonyl (C=O) groups excluding carboxylic acids is 1. The maximum absolute atomic E-state index is 12.0. The summed E-state index contributed by atoms with van der Waals surface area (Å²) in [4.78, 5) is 13.7. The number of nitrogens with one attached hydrogen (secondary N) is 2. The molecule has 0 aromatic carbocycles. The molecule has 1 fully saturated rings. The van der Waals surface area contributed by atoms with E-state index < -0.39 is 5.60 Å². The number of hydrazine groups is 1. The number of ether oxygens (including phenoxy) is 1. The van der Waals surface area contributed by atoms with Crippen LogP contribution in [0.2, 0.25) is 0 Å². The van der Waals surface area contributed by atoms with E-state index in [1.54, 1.807) is 4.90 Å². The summed E-state index contributed by atoms with van der Waals surface area (Å²) in [7, 11) is 0. The highest BCUT2D eigenvalue weighted by Crippen LogP contribution is 2.13. The van der Waals surface area contributed by atoms with Crippen molar-refractivity contribution in [2.45, 2.75) is 52.3 Å². The van der Waals surface area contributed by atoms with Gasteiger partial charge in [0.2, 0.25) is 0 Å². The lowest BCUT2D eigenvalue weighted by Gasteiger charge is -2.32. The van der Waals surface area contributed by atoms with Gasteiger partial charge in [-0.25, -0.2) is 4.79 Å². The number of carbonyl (C=O) groups is 1. The molecule has 16 heavy (non-hydrogen) atoms. The lowest BCUT2D eigenvalue weighted by atomic mass is 10.1. The molecule has 94 valence electrons. The molecule has 2 atom stereocenters. The van der Waals surface area contributed by atoms with Crippen LogP contribution in [-0.4, -0.2) is 41.8 Å². The summed E-state index contributed by atoms with van der Waals surface area (Å²) in [5.74, 6) is 0. The van der Waals surface area contributed by atoms with Crippen LogP contribution >= 0.6 is 0 Å². The lowest BCUT2D eigenvalue weighted by molar-refractivity contribution is 0.0174. The largest absolute Gasteiger partial charge is 0.444 e. The third-order valence-electron chi connectivity index (χ3n) is 2.65. The van der Waals surface area contributed by atoms with Gasteiger partial charge in [-0.05, 0) is 34.6 Å². The van der Waals surface area contributed by atoms with Gasteiger partial charge in [-0.2, -0.15) is 0 Å². The molecular weight excluding hydrogens is 206 g/mol. The molecule has 5 heteroatoms. The van der Waals surface area contributed by atoms with Crippen LogP contribution in [0.15, 0.2) is 0 Å². The number of rotatable bonds is 0. The fourth-order valence-electron chi connectivity index (χ4n) is 1.58. The second kappa shape index (κ2) is 5.01. The number of amides is 1. The van der Waals surface area contributed by atoms with Crippen LogP contribution in [0.4, 0.5) is 4.79 Å². The quantitative estimate of drug-likeness (QED) is 0.653. The van der Waals surface area contributed by atoms with Gasteiger partial charge in [0.15, 0.2) is 0 Å². The minimum Gasteiger partial charge on any atom is -0.444 e. The van der Waals surface area contributed by atoms with E-state index in [2.05, 4.69) is 10.9 Å². The average Bonchev–Trinajstić information content (AvgIpc) is 2.27. The standard InChI is InChI=1S/C11H23N3O2/c1-8-9(2)14(7-6-12-13-8)10(15)16-11(3,4)5/h8-9,12-13H,6-7H2,1-5H3/t8-,9?/m1/s1. The normalized spacial score (nSPS) is 27.4. The zero-order valence-electron chi connectivity index (χ0n) is 10.8. The van der Waals surface area contributed by atoms with E-state index in [9.17, 15) is 4.79 Å². The monoisotopic (exact) mass is 229 g/mol. The third kappa shape index (κ3) is 3.64. The fourth-order valence-corrected chi connectivity index (χ4v) is 1.58. The van der Waals surface area contributed by atoms with Crippen molar-refractivity contribution in [1.82, 2.24) is 15.8 Å². The minimum atomic E-state index is -0.437. The van der Waals surface area contributed by atoms with Crippen molar-refractivity contribution in [3.05, 3.63) is 0 Å². The van der Waals surface area contributed by atoms with Crippen LogP contribution in [0.1, 0.15) is 34.6 Å². The van der Waals surface area contributed by atoms with Gasteiger partial charge in [-0.1, -0.05) is 0 Å². The Balaban J connectivity index is 2.65. The van der Waals surface area contributed by atoms with Crippen molar-refractivity contribution >= 4 is 6.09 Å². The highest BCUT2D eigenvalue weighted by Gasteiger charge is 2.29. The van der Waals surface area contributed by atoms with Crippen molar-refractivity contribution in [3.8, 4) is 0 Å². The summed E-state index contributed by atoms with van der Waals surface area (Å²) in [5.41, 5.74) is 5.78. The number of hydrogen-bond donors (Lipinski definition) is 2. The Morgan fingerprint density at radius 3 is 2.56 bits per heavy atom. The van der Waals surface area contributed by atoms with Gasteiger partial charge < -0.3 is 9.64 Å². The molecule has 0 radical (unpaired) electrons. The first-order valence-electron chi connectivity index (χ1n) is 5.79. The molecule has 1 unspecified atom stereocenters. The van der Waals surface area contributed by atoms with Crippen molar-refractivity contribution < 1.29 is 9.53 Å². The SMILES string of the molecule is CC1[C@@H](C)NNCCN1C(=O)OC(C)(C)C. The minimum absolute atomic E-state index is 0.116. The summed E-state index contributed by atoms with van der Waals surface area (Å²) in [6.45, 7) is 11.1. The first-order valence-corrected chi connectivity index (χ1v) is 5.79. The third-order valence-corrected chi connectivity index (χ3v) is 2.65. The van der Waals surface area contributed by atoms with E-state index >= 15 is 0 Å². The zero-order valence-corrected chi connectivity index (χ0v) is 10.8. The fraction of sp³-hybridized carbons (Fsp3) is 0.909. The molecule has 5 nitrogen and oxygen atoms in total. The first-order chi connectivity index (χ1) is 7.31. The Kier molecular flexibility index (Phi) is 4.15. The molecule has 1 aliphatic rings. The second-order valence-electron chi connectivity index (χ2n) is 5.27. The van der Waals surface area contributed by atoms with Gasteiger partial charge in [0.25, 0.3) is 0 Å². The predicted molar refractivity (Wildman–Crippen MR) is 63.0 cm³/mol. The van der Waals surface area contributed by atoms with Gasteiger partial charge >= 0.3 is 6.09 Å². The highest BCUT2D eigenvalue weighted by molar-refractivity contribution is 5.68. The summed E-state index contributed by atoms with van der Waals surface area (Å²) in [5, 5.41) is 0. The summed E-state index contributed by atoms with van der Waals surface area (Å²) in [6.07, 6.45) is -0.239. The summed E-state index contributed by atoms with van der Waals surface area (Å²) >= 11 is 0. The molecule has 1 rings (SSSR count). The van der Waals surface area contributed by atoms with E-state index in [1.807, 2.05) is 34.6 Å². The summed E-state index contributed by atoms with van der Waals surface area (Å²) < 4.78 is 5.38. The number of hydrogen-bond acceptors (Lipinski definition) is 4. The lowest BCUT2D eigenvalue weighted by Crippen LogP contribution is -2.49. The molecule has 0 aromatic rings. The van der Waals surface area contributed by atoms with Crippen LogP contribution in [0, 0.1) is 0 Å². The molecule has 1 aliphatic heterocycles. The van der Waals surface area contributed by atoms with Crippen molar-refractivity contribution in [2.75, 3.05) is 13.1 Å². The maximum Gasteiger partial charge on any atom is 0.410 e. The second-order valence-corrected chi connectivity index (χ2v) is 5.27. The summed E-state index contributed by atoms with van der Waals surface area (Å²) in [6, 6.07) is 0.319. The Labute approximate surface area is 97.5 Å². The number of nitrogens with zero attached hydrogens (tertiary/aromatic N) is 1. The van der Waals surface area contributed by atoms with Crippen molar-refractivity contribution in [2.24, 2.45) is 0 Å². The first kappa shape index (κ1) is 13.3. The van der Waals surface area contributed by atoms with Gasteiger partial charge in [0.05, 0.1) is 0 Å². The van der Waals surface area contributed by atoms with Crippen molar-refractivity contribution in [1.29, 1.82) is 0 Å². The van der Waals surface area contributed by atoms with Crippen LogP contribution in [0.3, 0.4) is 0 Å². The van der Waals surface area contributed by atoms with E-state index in [0.29, 0.717) is 6.54 Å². The Morgan fingerprint density at radius 2 is 2.00 bits per heavy atom. The van der Waals surface area contributed by atoms with Gasteiger partial charge in [0, 0.05) is 25.2 Å². The molecule has 0 saturated carbocycles. The topological polar surface area (TPSA) is 53.6 Å². The Bertz CT molecular complexity index is 250.